The maximum absolute atomic E-state index is 3.45. The lowest BCUT2D eigenvalue weighted by molar-refractivity contribution is 0.583. The van der Waals surface area contributed by atoms with Gasteiger partial charge in [0.05, 0.1) is 0 Å². The van der Waals surface area contributed by atoms with Crippen molar-refractivity contribution in [2.24, 2.45) is 0 Å². The molecule has 0 heterocycles. The van der Waals surface area contributed by atoms with Gasteiger partial charge in [0, 0.05) is 5.33 Å². The molecule has 0 aromatic carbocycles. The third kappa shape index (κ3) is 10.4. The van der Waals surface area contributed by atoms with Crippen molar-refractivity contribution in [3.63, 3.8) is 0 Å². The molecule has 0 saturated carbocycles. The van der Waals surface area contributed by atoms with Crippen molar-refractivity contribution in [3.8, 4) is 0 Å². The highest BCUT2D eigenvalue weighted by Gasteiger charge is 1.88. The molecule has 0 atom stereocenters. The average molecular weight is 236 g/mol. The molecule has 0 bridgehead atoms. The summed E-state index contributed by atoms with van der Waals surface area (Å²) in [6.45, 7) is 4.65. The molecular weight excluding hydrogens is 214 g/mol. The molecule has 0 spiro atoms. The van der Waals surface area contributed by atoms with Crippen LogP contribution in [-0.2, 0) is 0 Å². The smallest absolute Gasteiger partial charge is 0.00313 e. The third-order valence-corrected chi connectivity index (χ3v) is 2.51. The summed E-state index contributed by atoms with van der Waals surface area (Å²) in [5.41, 5.74) is 0. The minimum atomic E-state index is 1.16. The second-order valence-electron chi connectivity index (χ2n) is 3.21. The van der Waals surface area contributed by atoms with Crippen LogP contribution in [0.5, 0.6) is 0 Å². The first-order chi connectivity index (χ1) is 5.91. The van der Waals surface area contributed by atoms with Crippen LogP contribution in [0.3, 0.4) is 0 Å². The maximum atomic E-state index is 3.45. The van der Waals surface area contributed by atoms with Crippen molar-refractivity contribution in [2.45, 2.75) is 45.4 Å². The summed E-state index contributed by atoms with van der Waals surface area (Å²) < 4.78 is 0. The second kappa shape index (κ2) is 11.4. The van der Waals surface area contributed by atoms with Crippen molar-refractivity contribution >= 4 is 15.9 Å². The standard InChI is InChI=1S/C10H22BrN/c1-2-3-9-12-10-7-5-4-6-8-11/h12H,2-10H2,1H3. The quantitative estimate of drug-likeness (QED) is 0.478. The number of hydrogen-bond donors (Lipinski definition) is 1. The lowest BCUT2D eigenvalue weighted by Crippen LogP contribution is -2.16. The zero-order chi connectivity index (χ0) is 9.07. The van der Waals surface area contributed by atoms with Crippen LogP contribution in [-0.4, -0.2) is 18.4 Å². The topological polar surface area (TPSA) is 12.0 Å². The van der Waals surface area contributed by atoms with E-state index in [9.17, 15) is 0 Å². The summed E-state index contributed by atoms with van der Waals surface area (Å²) in [7, 11) is 0. The fraction of sp³-hybridized carbons (Fsp3) is 1.00. The van der Waals surface area contributed by atoms with Crippen LogP contribution in [0.4, 0.5) is 0 Å². The molecule has 0 unspecified atom stereocenters. The Hall–Kier alpha value is 0.440. The minimum absolute atomic E-state index is 1.16. The summed E-state index contributed by atoms with van der Waals surface area (Å²) in [5.74, 6) is 0. The van der Waals surface area contributed by atoms with Gasteiger partial charge in [0.15, 0.2) is 0 Å². The highest BCUT2D eigenvalue weighted by atomic mass is 79.9. The van der Waals surface area contributed by atoms with Crippen LogP contribution in [0.25, 0.3) is 0 Å². The molecule has 0 aliphatic heterocycles. The van der Waals surface area contributed by atoms with E-state index in [2.05, 4.69) is 28.2 Å². The van der Waals surface area contributed by atoms with E-state index in [4.69, 9.17) is 0 Å². The normalized spacial score (nSPS) is 10.5. The lowest BCUT2D eigenvalue weighted by atomic mass is 10.2. The SMILES string of the molecule is CCCCNCCCCCCBr. The van der Waals surface area contributed by atoms with E-state index in [1.165, 1.54) is 51.6 Å². The summed E-state index contributed by atoms with van der Waals surface area (Å²) >= 11 is 3.44. The fourth-order valence-electron chi connectivity index (χ4n) is 1.12. The third-order valence-electron chi connectivity index (χ3n) is 1.94. The summed E-state index contributed by atoms with van der Waals surface area (Å²) in [4.78, 5) is 0. The molecule has 0 aromatic heterocycles. The van der Waals surface area contributed by atoms with Crippen molar-refractivity contribution in [1.82, 2.24) is 5.32 Å². The van der Waals surface area contributed by atoms with Gasteiger partial charge in [-0.1, -0.05) is 42.1 Å². The fourth-order valence-corrected chi connectivity index (χ4v) is 1.52. The first-order valence-corrected chi connectivity index (χ1v) is 6.30. The number of hydrogen-bond acceptors (Lipinski definition) is 1. The Bertz CT molecular complexity index is 66.2. The van der Waals surface area contributed by atoms with Crippen LogP contribution in [0.15, 0.2) is 0 Å². The average Bonchev–Trinajstić information content (AvgIpc) is 2.10. The van der Waals surface area contributed by atoms with Crippen molar-refractivity contribution in [1.29, 1.82) is 0 Å². The van der Waals surface area contributed by atoms with Crippen molar-refractivity contribution in [3.05, 3.63) is 0 Å². The van der Waals surface area contributed by atoms with Crippen LogP contribution in [0, 0.1) is 0 Å². The van der Waals surface area contributed by atoms with Gasteiger partial charge in [-0.05, 0) is 32.4 Å². The molecule has 0 fully saturated rings. The van der Waals surface area contributed by atoms with E-state index >= 15 is 0 Å². The molecule has 2 heteroatoms. The summed E-state index contributed by atoms with van der Waals surface area (Å²) in [5, 5.41) is 4.61. The molecule has 1 nitrogen and oxygen atoms in total. The Morgan fingerprint density at radius 1 is 0.917 bits per heavy atom. The molecule has 0 aliphatic rings. The van der Waals surface area contributed by atoms with E-state index < -0.39 is 0 Å². The largest absolute Gasteiger partial charge is 0.317 e. The zero-order valence-electron chi connectivity index (χ0n) is 8.24. The van der Waals surface area contributed by atoms with E-state index in [1.54, 1.807) is 0 Å². The van der Waals surface area contributed by atoms with Gasteiger partial charge in [0.25, 0.3) is 0 Å². The highest BCUT2D eigenvalue weighted by molar-refractivity contribution is 9.09. The van der Waals surface area contributed by atoms with E-state index in [0.717, 1.165) is 5.33 Å². The predicted molar refractivity (Wildman–Crippen MR) is 60.0 cm³/mol. The van der Waals surface area contributed by atoms with Gasteiger partial charge in [0.1, 0.15) is 0 Å². The Morgan fingerprint density at radius 2 is 1.58 bits per heavy atom. The van der Waals surface area contributed by atoms with Crippen LogP contribution in [0.1, 0.15) is 45.4 Å². The van der Waals surface area contributed by atoms with E-state index in [-0.39, 0.29) is 0 Å². The van der Waals surface area contributed by atoms with Crippen LogP contribution < -0.4 is 5.32 Å². The van der Waals surface area contributed by atoms with Gasteiger partial charge < -0.3 is 5.32 Å². The van der Waals surface area contributed by atoms with Gasteiger partial charge in [-0.3, -0.25) is 0 Å². The summed E-state index contributed by atoms with van der Waals surface area (Å²) in [6.07, 6.45) is 8.05. The molecule has 0 aromatic rings. The first kappa shape index (κ1) is 12.4. The molecule has 0 radical (unpaired) electrons. The van der Waals surface area contributed by atoms with Gasteiger partial charge in [0.2, 0.25) is 0 Å². The Labute approximate surface area is 85.4 Å². The monoisotopic (exact) mass is 235 g/mol. The van der Waals surface area contributed by atoms with Crippen molar-refractivity contribution in [2.75, 3.05) is 18.4 Å². The van der Waals surface area contributed by atoms with Gasteiger partial charge in [-0.2, -0.15) is 0 Å². The molecule has 12 heavy (non-hydrogen) atoms. The molecule has 0 saturated heterocycles. The number of alkyl halides is 1. The minimum Gasteiger partial charge on any atom is -0.317 e. The van der Waals surface area contributed by atoms with Crippen LogP contribution >= 0.6 is 15.9 Å². The first-order valence-electron chi connectivity index (χ1n) is 5.18. The molecule has 0 rings (SSSR count). The summed E-state index contributed by atoms with van der Waals surface area (Å²) in [6, 6.07) is 0. The van der Waals surface area contributed by atoms with Gasteiger partial charge >= 0.3 is 0 Å². The Kier molecular flexibility index (Phi) is 11.9. The predicted octanol–water partition coefficient (Wildman–Crippen LogP) is 3.33. The van der Waals surface area contributed by atoms with Crippen molar-refractivity contribution < 1.29 is 0 Å². The number of halogens is 1. The van der Waals surface area contributed by atoms with Gasteiger partial charge in [-0.15, -0.1) is 0 Å². The number of nitrogens with one attached hydrogen (secondary N) is 1. The van der Waals surface area contributed by atoms with E-state index in [0.29, 0.717) is 0 Å². The Morgan fingerprint density at radius 3 is 2.25 bits per heavy atom. The molecular formula is C10H22BrN. The Balaban J connectivity index is 2.73. The molecule has 0 amide bonds. The van der Waals surface area contributed by atoms with Gasteiger partial charge in [-0.25, -0.2) is 0 Å². The second-order valence-corrected chi connectivity index (χ2v) is 4.00. The molecule has 1 N–H and O–H groups in total. The highest BCUT2D eigenvalue weighted by Crippen LogP contribution is 2.00. The maximum Gasteiger partial charge on any atom is 0.00313 e. The number of unbranched alkanes of at least 4 members (excludes halogenated alkanes) is 4. The number of rotatable bonds is 9. The lowest BCUT2D eigenvalue weighted by Gasteiger charge is -2.02. The molecule has 0 aliphatic carbocycles. The van der Waals surface area contributed by atoms with E-state index in [1.807, 2.05) is 0 Å². The van der Waals surface area contributed by atoms with Crippen LogP contribution in [0.2, 0.25) is 0 Å². The zero-order valence-corrected chi connectivity index (χ0v) is 9.83. The molecule has 74 valence electrons.